The Bertz CT molecular complexity index is 1100. The summed E-state index contributed by atoms with van der Waals surface area (Å²) in [6.45, 7) is 5.15. The summed E-state index contributed by atoms with van der Waals surface area (Å²) in [7, 11) is 4.08. The molecular weight excluding hydrogens is 444 g/mol. The van der Waals surface area contributed by atoms with Crippen molar-refractivity contribution in [1.82, 2.24) is 19.7 Å². The molecule has 0 aliphatic carbocycles. The Balaban J connectivity index is 1.84. The molecule has 1 amide bonds. The monoisotopic (exact) mass is 476 g/mol. The molecule has 2 aromatic carbocycles. The number of aromatic nitrogens is 3. The van der Waals surface area contributed by atoms with E-state index in [4.69, 9.17) is 5.26 Å². The molecule has 1 aromatic heterocycles. The van der Waals surface area contributed by atoms with Crippen molar-refractivity contribution in [2.75, 3.05) is 31.3 Å². The molecule has 3 aromatic rings. The van der Waals surface area contributed by atoms with Gasteiger partial charge in [-0.05, 0) is 45.1 Å². The highest BCUT2D eigenvalue weighted by Gasteiger charge is 2.24. The van der Waals surface area contributed by atoms with Crippen molar-refractivity contribution < 1.29 is 4.79 Å². The molecule has 0 fully saturated rings. The third-order valence-electron chi connectivity index (χ3n) is 5.66. The van der Waals surface area contributed by atoms with E-state index in [-0.39, 0.29) is 24.1 Å². The fourth-order valence-corrected chi connectivity index (χ4v) is 4.66. The van der Waals surface area contributed by atoms with Crippen LogP contribution in [0.1, 0.15) is 42.8 Å². The number of aryl methyl sites for hydroxylation is 1. The molecule has 178 valence electrons. The Morgan fingerprint density at radius 3 is 2.44 bits per heavy atom. The first-order valence-electron chi connectivity index (χ1n) is 11.4. The zero-order valence-electron chi connectivity index (χ0n) is 20.3. The van der Waals surface area contributed by atoms with Gasteiger partial charge in [0.15, 0.2) is 11.0 Å². The standard InChI is InChI=1S/C26H32N6OS/c1-5-23(30(3)4)25-28-29-26(32(25)18-21-10-7-6-8-11-21)34-19-24(33)31(17-9-16-27)22-14-12-20(2)13-15-22/h6-8,10-15,23H,5,9,17-19H2,1-4H3/t23-/m1/s1. The number of rotatable bonds is 11. The van der Waals surface area contributed by atoms with Crippen LogP contribution in [-0.4, -0.2) is 52.0 Å². The second-order valence-electron chi connectivity index (χ2n) is 8.38. The van der Waals surface area contributed by atoms with Gasteiger partial charge in [0, 0.05) is 12.2 Å². The predicted octanol–water partition coefficient (Wildman–Crippen LogP) is 4.69. The van der Waals surface area contributed by atoms with E-state index in [2.05, 4.69) is 44.8 Å². The lowest BCUT2D eigenvalue weighted by Crippen LogP contribution is -2.33. The maximum absolute atomic E-state index is 13.2. The van der Waals surface area contributed by atoms with Crippen molar-refractivity contribution in [3.05, 3.63) is 71.5 Å². The molecule has 3 rings (SSSR count). The van der Waals surface area contributed by atoms with E-state index in [1.54, 1.807) is 4.90 Å². The Hall–Kier alpha value is -3.15. The predicted molar refractivity (Wildman–Crippen MR) is 137 cm³/mol. The molecule has 7 nitrogen and oxygen atoms in total. The minimum atomic E-state index is -0.0560. The van der Waals surface area contributed by atoms with E-state index in [1.807, 2.05) is 63.5 Å². The zero-order valence-corrected chi connectivity index (χ0v) is 21.1. The first kappa shape index (κ1) is 25.5. The van der Waals surface area contributed by atoms with Gasteiger partial charge in [-0.1, -0.05) is 66.7 Å². The summed E-state index contributed by atoms with van der Waals surface area (Å²) < 4.78 is 2.12. The number of carbonyl (C=O) groups is 1. The lowest BCUT2D eigenvalue weighted by Gasteiger charge is -2.23. The average Bonchev–Trinajstić information content (AvgIpc) is 3.21. The summed E-state index contributed by atoms with van der Waals surface area (Å²) in [6.07, 6.45) is 1.18. The molecule has 0 unspecified atom stereocenters. The van der Waals surface area contributed by atoms with Gasteiger partial charge in [-0.15, -0.1) is 10.2 Å². The van der Waals surface area contributed by atoms with Gasteiger partial charge in [-0.25, -0.2) is 0 Å². The fourth-order valence-electron chi connectivity index (χ4n) is 3.84. The van der Waals surface area contributed by atoms with Crippen LogP contribution in [0.5, 0.6) is 0 Å². The lowest BCUT2D eigenvalue weighted by molar-refractivity contribution is -0.116. The highest BCUT2D eigenvalue weighted by atomic mass is 32.2. The number of nitriles is 1. The minimum absolute atomic E-state index is 0.0560. The highest BCUT2D eigenvalue weighted by molar-refractivity contribution is 7.99. The SMILES string of the molecule is CC[C@H](c1nnc(SCC(=O)N(CCC#N)c2ccc(C)cc2)n1Cc1ccccc1)N(C)C. The number of benzene rings is 2. The van der Waals surface area contributed by atoms with Gasteiger partial charge in [-0.2, -0.15) is 5.26 Å². The maximum Gasteiger partial charge on any atom is 0.237 e. The number of carbonyl (C=O) groups excluding carboxylic acids is 1. The Kier molecular flexibility index (Phi) is 9.25. The maximum atomic E-state index is 13.2. The van der Waals surface area contributed by atoms with Gasteiger partial charge in [0.25, 0.3) is 0 Å². The number of thioether (sulfide) groups is 1. The fraction of sp³-hybridized carbons (Fsp3) is 0.385. The molecule has 0 N–H and O–H groups in total. The van der Waals surface area contributed by atoms with Crippen LogP contribution < -0.4 is 4.90 Å². The molecule has 0 aliphatic heterocycles. The first-order chi connectivity index (χ1) is 16.4. The second-order valence-corrected chi connectivity index (χ2v) is 9.32. The van der Waals surface area contributed by atoms with Crippen LogP contribution in [0.2, 0.25) is 0 Å². The molecule has 1 heterocycles. The van der Waals surface area contributed by atoms with E-state index >= 15 is 0 Å². The van der Waals surface area contributed by atoms with E-state index in [1.165, 1.54) is 11.8 Å². The largest absolute Gasteiger partial charge is 0.311 e. The van der Waals surface area contributed by atoms with Crippen LogP contribution in [0, 0.1) is 18.3 Å². The Morgan fingerprint density at radius 1 is 1.12 bits per heavy atom. The third kappa shape index (κ3) is 6.46. The summed E-state index contributed by atoms with van der Waals surface area (Å²) in [4.78, 5) is 17.0. The molecule has 0 radical (unpaired) electrons. The van der Waals surface area contributed by atoms with Gasteiger partial charge >= 0.3 is 0 Å². The summed E-state index contributed by atoms with van der Waals surface area (Å²) in [6, 6.07) is 20.3. The van der Waals surface area contributed by atoms with Gasteiger partial charge < -0.3 is 9.47 Å². The number of nitrogens with zero attached hydrogens (tertiary/aromatic N) is 6. The van der Waals surface area contributed by atoms with E-state index in [0.29, 0.717) is 13.1 Å². The van der Waals surface area contributed by atoms with Gasteiger partial charge in [0.05, 0.1) is 30.8 Å². The third-order valence-corrected chi connectivity index (χ3v) is 6.61. The summed E-state index contributed by atoms with van der Waals surface area (Å²) in [5, 5.41) is 18.8. The van der Waals surface area contributed by atoms with Crippen molar-refractivity contribution in [2.24, 2.45) is 0 Å². The van der Waals surface area contributed by atoms with Gasteiger partial charge in [-0.3, -0.25) is 9.69 Å². The van der Waals surface area contributed by atoms with Crippen molar-refractivity contribution in [3.8, 4) is 6.07 Å². The molecule has 0 spiro atoms. The van der Waals surface area contributed by atoms with Crippen molar-refractivity contribution in [3.63, 3.8) is 0 Å². The van der Waals surface area contributed by atoms with Gasteiger partial charge in [0.2, 0.25) is 5.91 Å². The van der Waals surface area contributed by atoms with Crippen LogP contribution in [0.4, 0.5) is 5.69 Å². The first-order valence-corrected chi connectivity index (χ1v) is 12.4. The number of hydrogen-bond donors (Lipinski definition) is 0. The van der Waals surface area contributed by atoms with Crippen LogP contribution in [0.25, 0.3) is 0 Å². The number of hydrogen-bond acceptors (Lipinski definition) is 6. The topological polar surface area (TPSA) is 78.0 Å². The number of amides is 1. The average molecular weight is 477 g/mol. The van der Waals surface area contributed by atoms with Crippen LogP contribution >= 0.6 is 11.8 Å². The van der Waals surface area contributed by atoms with Gasteiger partial charge in [0.1, 0.15) is 0 Å². The number of anilines is 1. The second kappa shape index (κ2) is 12.4. The van der Waals surface area contributed by atoms with E-state index in [9.17, 15) is 4.79 Å². The van der Waals surface area contributed by atoms with Crippen LogP contribution in [0.15, 0.2) is 59.8 Å². The molecule has 8 heteroatoms. The van der Waals surface area contributed by atoms with Crippen molar-refractivity contribution >= 4 is 23.4 Å². The summed E-state index contributed by atoms with van der Waals surface area (Å²) >= 11 is 1.39. The normalized spacial score (nSPS) is 11.9. The lowest BCUT2D eigenvalue weighted by atomic mass is 10.2. The molecule has 0 bridgehead atoms. The molecule has 0 saturated heterocycles. The highest BCUT2D eigenvalue weighted by Crippen LogP contribution is 2.27. The van der Waals surface area contributed by atoms with E-state index < -0.39 is 0 Å². The van der Waals surface area contributed by atoms with Crippen LogP contribution in [-0.2, 0) is 11.3 Å². The molecular formula is C26H32N6OS. The minimum Gasteiger partial charge on any atom is -0.311 e. The Morgan fingerprint density at radius 2 is 1.82 bits per heavy atom. The van der Waals surface area contributed by atoms with Crippen molar-refractivity contribution in [1.29, 1.82) is 5.26 Å². The summed E-state index contributed by atoms with van der Waals surface area (Å²) in [5.41, 5.74) is 3.08. The molecule has 1 atom stereocenters. The molecule has 0 aliphatic rings. The molecule has 0 saturated carbocycles. The summed E-state index contributed by atoms with van der Waals surface area (Å²) in [5.74, 6) is 1.05. The Labute approximate surface area is 206 Å². The van der Waals surface area contributed by atoms with E-state index in [0.717, 1.165) is 34.2 Å². The smallest absolute Gasteiger partial charge is 0.237 e. The van der Waals surface area contributed by atoms with Crippen LogP contribution in [0.3, 0.4) is 0 Å². The molecule has 34 heavy (non-hydrogen) atoms. The zero-order chi connectivity index (χ0) is 24.5. The van der Waals surface area contributed by atoms with Crippen molar-refractivity contribution in [2.45, 2.75) is 44.4 Å². The quantitative estimate of drug-likeness (QED) is 0.374.